The summed E-state index contributed by atoms with van der Waals surface area (Å²) in [5.41, 5.74) is 8.80. The van der Waals surface area contributed by atoms with Gasteiger partial charge in [-0.15, -0.1) is 24.8 Å². The lowest BCUT2D eigenvalue weighted by Crippen LogP contribution is -1.94. The largest absolute Gasteiger partial charge is 0.397 e. The van der Waals surface area contributed by atoms with Crippen molar-refractivity contribution in [2.75, 3.05) is 5.73 Å². The Morgan fingerprint density at radius 1 is 1.38 bits per heavy atom. The first-order valence-corrected chi connectivity index (χ1v) is 3.99. The zero-order valence-electron chi connectivity index (χ0n) is 7.49. The Bertz CT molecular complexity index is 285. The highest BCUT2D eigenvalue weighted by Crippen LogP contribution is 2.40. The molecule has 2 rings (SSSR count). The lowest BCUT2D eigenvalue weighted by atomic mass is 10.1. The molecule has 0 saturated heterocycles. The molecule has 0 bridgehead atoms. The van der Waals surface area contributed by atoms with E-state index in [1.807, 2.05) is 13.1 Å². The highest BCUT2D eigenvalue weighted by molar-refractivity contribution is 5.85. The van der Waals surface area contributed by atoms with Crippen LogP contribution in [-0.4, -0.2) is 4.98 Å². The molecule has 1 heterocycles. The van der Waals surface area contributed by atoms with E-state index >= 15 is 0 Å². The molecule has 1 aromatic rings. The third-order valence-electron chi connectivity index (χ3n) is 2.20. The van der Waals surface area contributed by atoms with Crippen molar-refractivity contribution < 1.29 is 0 Å². The van der Waals surface area contributed by atoms with Gasteiger partial charge in [-0.25, -0.2) is 0 Å². The lowest BCUT2D eigenvalue weighted by Gasteiger charge is -2.01. The van der Waals surface area contributed by atoms with E-state index in [1.54, 1.807) is 0 Å². The second-order valence-corrected chi connectivity index (χ2v) is 3.22. The maximum atomic E-state index is 5.72. The van der Waals surface area contributed by atoms with Crippen LogP contribution in [0.1, 0.15) is 30.0 Å². The standard InChI is InChI=1S/C9H12N2.2ClH/c1-6-9(10)4-8(5-11-6)7-2-3-7;;/h4-5,7H,2-3,10H2,1H3;2*1H. The quantitative estimate of drug-likeness (QED) is 0.791. The van der Waals surface area contributed by atoms with Gasteiger partial charge in [-0.2, -0.15) is 0 Å². The van der Waals surface area contributed by atoms with Crippen LogP contribution < -0.4 is 5.73 Å². The van der Waals surface area contributed by atoms with Gasteiger partial charge in [-0.1, -0.05) is 0 Å². The Kier molecular flexibility index (Phi) is 4.51. The monoisotopic (exact) mass is 220 g/mol. The molecule has 2 N–H and O–H groups in total. The molecule has 0 unspecified atom stereocenters. The van der Waals surface area contributed by atoms with Crippen LogP contribution in [0.4, 0.5) is 5.69 Å². The first-order chi connectivity index (χ1) is 5.27. The van der Waals surface area contributed by atoms with Gasteiger partial charge in [0.05, 0.1) is 11.4 Å². The first kappa shape index (κ1) is 12.5. The van der Waals surface area contributed by atoms with Gasteiger partial charge >= 0.3 is 0 Å². The molecule has 0 aliphatic heterocycles. The van der Waals surface area contributed by atoms with E-state index in [0.29, 0.717) is 0 Å². The van der Waals surface area contributed by atoms with Crippen LogP contribution in [0.2, 0.25) is 0 Å². The predicted molar refractivity (Wildman–Crippen MR) is 59.9 cm³/mol. The van der Waals surface area contributed by atoms with Crippen LogP contribution in [0, 0.1) is 6.92 Å². The molecule has 0 aromatic carbocycles. The van der Waals surface area contributed by atoms with Crippen molar-refractivity contribution in [1.82, 2.24) is 4.98 Å². The van der Waals surface area contributed by atoms with Crippen LogP contribution in [0.15, 0.2) is 12.3 Å². The molecule has 0 radical (unpaired) electrons. The number of aryl methyl sites for hydroxylation is 1. The number of anilines is 1. The fourth-order valence-corrected chi connectivity index (χ4v) is 1.21. The van der Waals surface area contributed by atoms with Gasteiger partial charge < -0.3 is 5.73 Å². The summed E-state index contributed by atoms with van der Waals surface area (Å²) in [6, 6.07) is 2.06. The molecule has 0 amide bonds. The Hall–Kier alpha value is -0.470. The minimum absolute atomic E-state index is 0. The smallest absolute Gasteiger partial charge is 0.0601 e. The van der Waals surface area contributed by atoms with E-state index in [9.17, 15) is 0 Å². The molecule has 1 saturated carbocycles. The van der Waals surface area contributed by atoms with Gasteiger partial charge in [0.15, 0.2) is 0 Å². The average molecular weight is 221 g/mol. The number of rotatable bonds is 1. The van der Waals surface area contributed by atoms with Gasteiger partial charge in [0.25, 0.3) is 0 Å². The highest BCUT2D eigenvalue weighted by atomic mass is 35.5. The molecule has 4 heteroatoms. The first-order valence-electron chi connectivity index (χ1n) is 3.99. The molecule has 74 valence electrons. The predicted octanol–water partition coefficient (Wildman–Crippen LogP) is 2.69. The van der Waals surface area contributed by atoms with E-state index < -0.39 is 0 Å². The molecule has 1 aromatic heterocycles. The van der Waals surface area contributed by atoms with Crippen LogP contribution >= 0.6 is 24.8 Å². The molecular weight excluding hydrogens is 207 g/mol. The van der Waals surface area contributed by atoms with Gasteiger partial charge in [-0.3, -0.25) is 4.98 Å². The Morgan fingerprint density at radius 3 is 2.46 bits per heavy atom. The Balaban J connectivity index is 0.000000720. The van der Waals surface area contributed by atoms with Crippen molar-refractivity contribution in [2.24, 2.45) is 0 Å². The van der Waals surface area contributed by atoms with Crippen LogP contribution in [0.25, 0.3) is 0 Å². The van der Waals surface area contributed by atoms with E-state index in [1.165, 1.54) is 18.4 Å². The molecule has 1 aliphatic carbocycles. The summed E-state index contributed by atoms with van der Waals surface area (Å²) < 4.78 is 0. The zero-order chi connectivity index (χ0) is 7.84. The lowest BCUT2D eigenvalue weighted by molar-refractivity contribution is 1.07. The van der Waals surface area contributed by atoms with Crippen molar-refractivity contribution in [1.29, 1.82) is 0 Å². The second-order valence-electron chi connectivity index (χ2n) is 3.22. The third-order valence-corrected chi connectivity index (χ3v) is 2.20. The Morgan fingerprint density at radius 2 is 2.00 bits per heavy atom. The summed E-state index contributed by atoms with van der Waals surface area (Å²) >= 11 is 0. The van der Waals surface area contributed by atoms with Crippen LogP contribution in [0.3, 0.4) is 0 Å². The summed E-state index contributed by atoms with van der Waals surface area (Å²) in [4.78, 5) is 4.21. The van der Waals surface area contributed by atoms with E-state index in [0.717, 1.165) is 17.3 Å². The summed E-state index contributed by atoms with van der Waals surface area (Å²) in [5, 5.41) is 0. The van der Waals surface area contributed by atoms with Gasteiger partial charge in [0.2, 0.25) is 0 Å². The summed E-state index contributed by atoms with van der Waals surface area (Å²) in [5.74, 6) is 0.755. The molecule has 1 fully saturated rings. The minimum atomic E-state index is 0. The average Bonchev–Trinajstić information content (AvgIpc) is 2.77. The summed E-state index contributed by atoms with van der Waals surface area (Å²) in [6.07, 6.45) is 4.57. The van der Waals surface area contributed by atoms with Crippen molar-refractivity contribution in [3.63, 3.8) is 0 Å². The van der Waals surface area contributed by atoms with Crippen LogP contribution in [0.5, 0.6) is 0 Å². The summed E-state index contributed by atoms with van der Waals surface area (Å²) in [7, 11) is 0. The van der Waals surface area contributed by atoms with E-state index in [4.69, 9.17) is 5.73 Å². The minimum Gasteiger partial charge on any atom is -0.397 e. The van der Waals surface area contributed by atoms with Gasteiger partial charge in [-0.05, 0) is 37.3 Å². The van der Waals surface area contributed by atoms with E-state index in [2.05, 4.69) is 11.1 Å². The third kappa shape index (κ3) is 2.75. The number of halogens is 2. The van der Waals surface area contributed by atoms with Gasteiger partial charge in [0.1, 0.15) is 0 Å². The van der Waals surface area contributed by atoms with Crippen molar-refractivity contribution in [3.05, 3.63) is 23.5 Å². The number of nitrogens with zero attached hydrogens (tertiary/aromatic N) is 1. The fourth-order valence-electron chi connectivity index (χ4n) is 1.21. The number of hydrogen-bond acceptors (Lipinski definition) is 2. The maximum Gasteiger partial charge on any atom is 0.0601 e. The topological polar surface area (TPSA) is 38.9 Å². The molecular formula is C9H14Cl2N2. The highest BCUT2D eigenvalue weighted by Gasteiger charge is 2.23. The number of nitrogen functional groups attached to an aromatic ring is 1. The zero-order valence-corrected chi connectivity index (χ0v) is 9.12. The maximum absolute atomic E-state index is 5.72. The SMILES string of the molecule is Cc1ncc(C2CC2)cc1N.Cl.Cl. The molecule has 1 aliphatic rings. The van der Waals surface area contributed by atoms with Crippen molar-refractivity contribution in [3.8, 4) is 0 Å². The van der Waals surface area contributed by atoms with Crippen LogP contribution in [-0.2, 0) is 0 Å². The fraction of sp³-hybridized carbons (Fsp3) is 0.444. The second kappa shape index (κ2) is 4.68. The van der Waals surface area contributed by atoms with Crippen molar-refractivity contribution >= 4 is 30.5 Å². The number of pyridine rings is 1. The number of nitrogens with two attached hydrogens (primary N) is 1. The molecule has 0 atom stereocenters. The molecule has 13 heavy (non-hydrogen) atoms. The number of aromatic nitrogens is 1. The normalized spacial score (nSPS) is 14.2. The van der Waals surface area contributed by atoms with Crippen molar-refractivity contribution in [2.45, 2.75) is 25.7 Å². The molecule has 0 spiro atoms. The number of hydrogen-bond donors (Lipinski definition) is 1. The van der Waals surface area contributed by atoms with Gasteiger partial charge in [0, 0.05) is 6.20 Å². The summed E-state index contributed by atoms with van der Waals surface area (Å²) in [6.45, 7) is 1.94. The Labute approximate surface area is 90.8 Å². The van der Waals surface area contributed by atoms with E-state index in [-0.39, 0.29) is 24.8 Å². The molecule has 2 nitrogen and oxygen atoms in total.